The lowest BCUT2D eigenvalue weighted by atomic mass is 10.0. The van der Waals surface area contributed by atoms with Gasteiger partial charge in [-0.2, -0.15) is 0 Å². The molecule has 0 saturated carbocycles. The van der Waals surface area contributed by atoms with Crippen molar-refractivity contribution in [1.29, 1.82) is 0 Å². The van der Waals surface area contributed by atoms with Gasteiger partial charge in [-0.25, -0.2) is 0 Å². The predicted octanol–water partition coefficient (Wildman–Crippen LogP) is 2.18. The quantitative estimate of drug-likeness (QED) is 0.712. The molecule has 3 nitrogen and oxygen atoms in total. The molecule has 14 heavy (non-hydrogen) atoms. The molecule has 2 aromatic rings. The second-order valence-electron chi connectivity index (χ2n) is 3.51. The van der Waals surface area contributed by atoms with E-state index in [0.29, 0.717) is 12.0 Å². The molecule has 1 heterocycles. The third-order valence-corrected chi connectivity index (χ3v) is 2.26. The lowest BCUT2D eigenvalue weighted by Gasteiger charge is -2.06. The van der Waals surface area contributed by atoms with Gasteiger partial charge in [-0.15, -0.1) is 0 Å². The molecule has 72 valence electrons. The Morgan fingerprint density at radius 2 is 2.07 bits per heavy atom. The number of rotatable bonds is 3. The average molecular weight is 188 g/mol. The van der Waals surface area contributed by atoms with Crippen LogP contribution in [0.4, 0.5) is 0 Å². The lowest BCUT2D eigenvalue weighted by molar-refractivity contribution is -0.114. The normalized spacial score (nSPS) is 10.6. The number of hydrogen-bond acceptors (Lipinski definition) is 1. The van der Waals surface area contributed by atoms with Gasteiger partial charge in [0.25, 0.3) is 0 Å². The van der Waals surface area contributed by atoms with Crippen LogP contribution in [-0.2, 0) is 11.2 Å². The second-order valence-corrected chi connectivity index (χ2v) is 3.51. The van der Waals surface area contributed by atoms with Gasteiger partial charge in [0.2, 0.25) is 0 Å². The van der Waals surface area contributed by atoms with Gasteiger partial charge in [-0.05, 0) is 30.2 Å². The highest BCUT2D eigenvalue weighted by atomic mass is 16.1. The standard InChI is InChI=1S/C11H12N2O/c1-7(2)11(14)6-8-3-4-9-10(5-8)13-12-9/h3-5,12-13H,1,6H2,2H3. The predicted molar refractivity (Wildman–Crippen MR) is 56.2 cm³/mol. The molecule has 0 radical (unpaired) electrons. The van der Waals surface area contributed by atoms with Gasteiger partial charge in [-0.3, -0.25) is 15.0 Å². The Morgan fingerprint density at radius 1 is 1.36 bits per heavy atom. The van der Waals surface area contributed by atoms with E-state index in [9.17, 15) is 4.79 Å². The average Bonchev–Trinajstić information content (AvgIpc) is 2.09. The highest BCUT2D eigenvalue weighted by Crippen LogP contribution is 2.14. The van der Waals surface area contributed by atoms with Crippen LogP contribution in [0.1, 0.15) is 12.5 Å². The van der Waals surface area contributed by atoms with Crippen molar-refractivity contribution in [3.05, 3.63) is 35.9 Å². The summed E-state index contributed by atoms with van der Waals surface area (Å²) in [4.78, 5) is 11.4. The maximum absolute atomic E-state index is 11.4. The molecule has 0 unspecified atom stereocenters. The summed E-state index contributed by atoms with van der Waals surface area (Å²) in [6, 6.07) is 5.90. The summed E-state index contributed by atoms with van der Waals surface area (Å²) in [5.41, 5.74) is 3.76. The van der Waals surface area contributed by atoms with Gasteiger partial charge < -0.3 is 0 Å². The number of allylic oxidation sites excluding steroid dienone is 1. The minimum atomic E-state index is 0.0947. The van der Waals surface area contributed by atoms with Crippen molar-refractivity contribution in [3.63, 3.8) is 0 Å². The van der Waals surface area contributed by atoms with Crippen molar-refractivity contribution in [1.82, 2.24) is 10.2 Å². The Kier molecular flexibility index (Phi) is 2.00. The maximum Gasteiger partial charge on any atom is 0.162 e. The first kappa shape index (κ1) is 8.81. The molecule has 3 heteroatoms. The van der Waals surface area contributed by atoms with E-state index in [1.54, 1.807) is 6.92 Å². The number of carbonyl (C=O) groups excluding carboxylic acids is 1. The van der Waals surface area contributed by atoms with Gasteiger partial charge in [0, 0.05) is 6.42 Å². The van der Waals surface area contributed by atoms with Gasteiger partial charge in [0.15, 0.2) is 5.78 Å². The Morgan fingerprint density at radius 3 is 2.57 bits per heavy atom. The van der Waals surface area contributed by atoms with E-state index >= 15 is 0 Å². The molecule has 0 aliphatic rings. The topological polar surface area (TPSA) is 48.6 Å². The fraction of sp³-hybridized carbons (Fsp3) is 0.182. The molecule has 1 aromatic carbocycles. The minimum Gasteiger partial charge on any atom is -0.299 e. The van der Waals surface area contributed by atoms with Crippen molar-refractivity contribution in [3.8, 4) is 0 Å². The zero-order valence-electron chi connectivity index (χ0n) is 8.05. The molecular weight excluding hydrogens is 176 g/mol. The molecule has 0 amide bonds. The lowest BCUT2D eigenvalue weighted by Crippen LogP contribution is -2.03. The third-order valence-electron chi connectivity index (χ3n) is 2.26. The molecule has 0 spiro atoms. The first-order chi connectivity index (χ1) is 6.66. The minimum absolute atomic E-state index is 0.0947. The third kappa shape index (κ3) is 1.48. The molecule has 0 bridgehead atoms. The number of ketones is 1. The number of aromatic nitrogens is 2. The molecule has 2 N–H and O–H groups in total. The van der Waals surface area contributed by atoms with Crippen LogP contribution in [0.25, 0.3) is 11.0 Å². The fourth-order valence-corrected chi connectivity index (χ4v) is 1.32. The number of carbonyl (C=O) groups is 1. The van der Waals surface area contributed by atoms with Crippen molar-refractivity contribution in [2.24, 2.45) is 0 Å². The zero-order valence-corrected chi connectivity index (χ0v) is 8.05. The van der Waals surface area contributed by atoms with Gasteiger partial charge in [0.05, 0.1) is 11.0 Å². The van der Waals surface area contributed by atoms with E-state index in [0.717, 1.165) is 16.6 Å². The van der Waals surface area contributed by atoms with Crippen LogP contribution >= 0.6 is 0 Å². The Bertz CT molecular complexity index is 490. The molecule has 0 aliphatic heterocycles. The number of H-pyrrole nitrogens is 2. The summed E-state index contributed by atoms with van der Waals surface area (Å²) >= 11 is 0. The molecule has 2 rings (SSSR count). The van der Waals surface area contributed by atoms with E-state index in [1.165, 1.54) is 0 Å². The van der Waals surface area contributed by atoms with E-state index < -0.39 is 0 Å². The first-order valence-corrected chi connectivity index (χ1v) is 4.50. The van der Waals surface area contributed by atoms with E-state index in [1.807, 2.05) is 18.2 Å². The Balaban J connectivity index is 2.20. The monoisotopic (exact) mass is 188 g/mol. The summed E-state index contributed by atoms with van der Waals surface area (Å²) < 4.78 is 0. The number of Topliss-reactive ketones (excluding diaryl/α,β-unsaturated/α-hetero) is 1. The van der Waals surface area contributed by atoms with Gasteiger partial charge in [0.1, 0.15) is 0 Å². The smallest absolute Gasteiger partial charge is 0.162 e. The highest BCUT2D eigenvalue weighted by molar-refractivity contribution is 5.96. The fourth-order valence-electron chi connectivity index (χ4n) is 1.32. The summed E-state index contributed by atoms with van der Waals surface area (Å²) in [6.45, 7) is 5.37. The van der Waals surface area contributed by atoms with E-state index in [-0.39, 0.29) is 5.78 Å². The molecule has 0 aliphatic carbocycles. The van der Waals surface area contributed by atoms with Crippen molar-refractivity contribution < 1.29 is 4.79 Å². The van der Waals surface area contributed by atoms with Gasteiger partial charge in [-0.1, -0.05) is 12.6 Å². The van der Waals surface area contributed by atoms with Crippen LogP contribution in [0.15, 0.2) is 30.4 Å². The summed E-state index contributed by atoms with van der Waals surface area (Å²) in [6.07, 6.45) is 0.435. The number of fused-ring (bicyclic) bond motifs is 1. The highest BCUT2D eigenvalue weighted by Gasteiger charge is 2.05. The van der Waals surface area contributed by atoms with Crippen LogP contribution in [0.2, 0.25) is 0 Å². The molecule has 1 aromatic heterocycles. The second kappa shape index (κ2) is 3.18. The number of aromatic amines is 2. The molecule has 0 atom stereocenters. The van der Waals surface area contributed by atoms with Crippen molar-refractivity contribution in [2.75, 3.05) is 0 Å². The van der Waals surface area contributed by atoms with E-state index in [2.05, 4.69) is 16.8 Å². The van der Waals surface area contributed by atoms with Gasteiger partial charge >= 0.3 is 0 Å². The molecule has 0 fully saturated rings. The Hall–Kier alpha value is -1.77. The van der Waals surface area contributed by atoms with E-state index in [4.69, 9.17) is 0 Å². The number of hydrogen-bond donors (Lipinski definition) is 2. The summed E-state index contributed by atoms with van der Waals surface area (Å²) in [7, 11) is 0. The summed E-state index contributed by atoms with van der Waals surface area (Å²) in [5, 5.41) is 5.89. The van der Waals surface area contributed by atoms with Crippen LogP contribution in [0.5, 0.6) is 0 Å². The first-order valence-electron chi connectivity index (χ1n) is 4.50. The molecular formula is C11H12N2O. The van der Waals surface area contributed by atoms with Crippen LogP contribution in [-0.4, -0.2) is 16.0 Å². The van der Waals surface area contributed by atoms with Crippen LogP contribution < -0.4 is 0 Å². The number of benzene rings is 1. The molecule has 0 saturated heterocycles. The van der Waals surface area contributed by atoms with Crippen LogP contribution in [0, 0.1) is 0 Å². The van der Waals surface area contributed by atoms with Crippen molar-refractivity contribution >= 4 is 16.8 Å². The number of nitrogens with one attached hydrogen (secondary N) is 2. The SMILES string of the molecule is C=C(C)C(=O)Cc1ccc2[nH][nH]c2c1. The largest absolute Gasteiger partial charge is 0.299 e. The maximum atomic E-state index is 11.4. The van der Waals surface area contributed by atoms with Crippen LogP contribution in [0.3, 0.4) is 0 Å². The zero-order chi connectivity index (χ0) is 10.1. The summed E-state index contributed by atoms with van der Waals surface area (Å²) in [5.74, 6) is 0.0947. The van der Waals surface area contributed by atoms with Crippen molar-refractivity contribution in [2.45, 2.75) is 13.3 Å². The Labute approximate surface area is 81.8 Å².